The number of aliphatic imine (C=N–C) groups is 1. The van der Waals surface area contributed by atoms with Crippen molar-refractivity contribution in [2.75, 3.05) is 0 Å². The topological polar surface area (TPSA) is 79.2 Å². The number of carbonyl (C=O) groups is 2. The maximum Gasteiger partial charge on any atom is 0.335 e. The summed E-state index contributed by atoms with van der Waals surface area (Å²) in [4.78, 5) is 33.3. The number of hydrogen-bond donors (Lipinski definition) is 1. The number of aromatic carboxylic acids is 1. The molecule has 212 valence electrons. The Morgan fingerprint density at radius 1 is 1.02 bits per heavy atom. The number of amides is 1. The van der Waals surface area contributed by atoms with Gasteiger partial charge in [0, 0.05) is 17.4 Å². The second-order valence-corrected chi connectivity index (χ2v) is 13.4. The van der Waals surface area contributed by atoms with Crippen molar-refractivity contribution in [3.05, 3.63) is 101 Å². The van der Waals surface area contributed by atoms with Crippen LogP contribution in [0.2, 0.25) is 0 Å². The highest BCUT2D eigenvalue weighted by Crippen LogP contribution is 2.69. The van der Waals surface area contributed by atoms with Crippen LogP contribution in [0.5, 0.6) is 5.75 Å². The fourth-order valence-corrected chi connectivity index (χ4v) is 6.85. The van der Waals surface area contributed by atoms with Crippen LogP contribution in [0.4, 0.5) is 0 Å². The minimum Gasteiger partial charge on any atom is -0.489 e. The molecular formula is C35H38N2O4. The smallest absolute Gasteiger partial charge is 0.335 e. The zero-order valence-electron chi connectivity index (χ0n) is 24.3. The summed E-state index contributed by atoms with van der Waals surface area (Å²) in [6.07, 6.45) is 3.86. The molecule has 0 aromatic heterocycles. The average Bonchev–Trinajstić information content (AvgIpc) is 3.84. The maximum absolute atomic E-state index is 14.4. The van der Waals surface area contributed by atoms with E-state index in [1.807, 2.05) is 66.7 Å². The molecule has 3 atom stereocenters. The molecule has 6 nitrogen and oxygen atoms in total. The summed E-state index contributed by atoms with van der Waals surface area (Å²) in [6, 6.07) is 24.7. The second-order valence-electron chi connectivity index (χ2n) is 13.4. The lowest BCUT2D eigenvalue weighted by Crippen LogP contribution is -2.44. The molecule has 2 aliphatic carbocycles. The molecule has 3 aromatic carbocycles. The number of carboxylic acid groups (broad SMARTS) is 1. The molecule has 41 heavy (non-hydrogen) atoms. The van der Waals surface area contributed by atoms with Crippen LogP contribution in [-0.2, 0) is 11.4 Å². The van der Waals surface area contributed by atoms with E-state index in [1.165, 1.54) is 0 Å². The fraction of sp³-hybridized carbons (Fsp3) is 0.400. The van der Waals surface area contributed by atoms with Gasteiger partial charge in [-0.25, -0.2) is 4.79 Å². The molecule has 0 radical (unpaired) electrons. The van der Waals surface area contributed by atoms with Crippen molar-refractivity contribution >= 4 is 17.6 Å². The van der Waals surface area contributed by atoms with Crippen LogP contribution in [0.15, 0.2) is 83.9 Å². The molecule has 6 rings (SSSR count). The molecular weight excluding hydrogens is 512 g/mol. The molecule has 1 heterocycles. The number of carboxylic acids is 1. The zero-order chi connectivity index (χ0) is 29.0. The van der Waals surface area contributed by atoms with Gasteiger partial charge in [0.2, 0.25) is 0 Å². The first-order valence-corrected chi connectivity index (χ1v) is 14.5. The molecule has 1 amide bonds. The predicted octanol–water partition coefficient (Wildman–Crippen LogP) is 7.29. The maximum atomic E-state index is 14.4. The lowest BCUT2D eigenvalue weighted by atomic mass is 9.82. The third kappa shape index (κ3) is 5.16. The molecule has 0 bridgehead atoms. The van der Waals surface area contributed by atoms with Crippen molar-refractivity contribution < 1.29 is 19.4 Å². The third-order valence-electron chi connectivity index (χ3n) is 8.74. The van der Waals surface area contributed by atoms with Crippen LogP contribution in [0.3, 0.4) is 0 Å². The van der Waals surface area contributed by atoms with E-state index in [4.69, 9.17) is 9.73 Å². The van der Waals surface area contributed by atoms with Crippen molar-refractivity contribution in [2.24, 2.45) is 21.7 Å². The molecule has 1 unspecified atom stereocenters. The van der Waals surface area contributed by atoms with Crippen LogP contribution in [0, 0.1) is 16.7 Å². The molecule has 6 heteroatoms. The van der Waals surface area contributed by atoms with Gasteiger partial charge >= 0.3 is 5.97 Å². The van der Waals surface area contributed by atoms with E-state index in [0.29, 0.717) is 18.2 Å². The number of hydrogen-bond acceptors (Lipinski definition) is 4. The van der Waals surface area contributed by atoms with Gasteiger partial charge in [-0.15, -0.1) is 0 Å². The van der Waals surface area contributed by atoms with Gasteiger partial charge in [0.15, 0.2) is 0 Å². The predicted molar refractivity (Wildman–Crippen MR) is 159 cm³/mol. The largest absolute Gasteiger partial charge is 0.489 e. The van der Waals surface area contributed by atoms with Gasteiger partial charge in [0.25, 0.3) is 5.91 Å². The standard InChI is InChI=1S/C35H38N2O4/c1-33(2,3)21-34(4)22-35(34)36-29(24-16-18-28(19-17-24)41-20-23-8-6-5-7-9-23)31(38)37(35)30(25-10-11-25)26-12-14-27(15-13-26)32(39)40/h5-9,12-19,25,30H,10-11,20-22H2,1-4H3,(H,39,40)/t30-,34+,35?/m1/s1. The van der Waals surface area contributed by atoms with E-state index in [0.717, 1.165) is 48.1 Å². The van der Waals surface area contributed by atoms with Crippen LogP contribution in [-0.4, -0.2) is 33.3 Å². The first-order chi connectivity index (χ1) is 19.5. The number of ether oxygens (including phenoxy) is 1. The summed E-state index contributed by atoms with van der Waals surface area (Å²) in [7, 11) is 0. The normalized spacial score (nSPS) is 24.3. The summed E-state index contributed by atoms with van der Waals surface area (Å²) in [6.45, 7) is 9.47. The Bertz CT molecular complexity index is 1490. The van der Waals surface area contributed by atoms with E-state index in [-0.39, 0.29) is 28.3 Å². The van der Waals surface area contributed by atoms with Crippen molar-refractivity contribution in [3.63, 3.8) is 0 Å². The van der Waals surface area contributed by atoms with Crippen LogP contribution in [0.25, 0.3) is 0 Å². The number of carbonyl (C=O) groups excluding carboxylic acids is 1. The van der Waals surface area contributed by atoms with Crippen molar-refractivity contribution in [3.8, 4) is 5.75 Å². The minimum absolute atomic E-state index is 0.0419. The quantitative estimate of drug-likeness (QED) is 0.303. The summed E-state index contributed by atoms with van der Waals surface area (Å²) in [5, 5.41) is 9.44. The molecule has 0 saturated heterocycles. The summed E-state index contributed by atoms with van der Waals surface area (Å²) in [5.74, 6) is 0.0951. The van der Waals surface area contributed by atoms with Crippen LogP contribution < -0.4 is 4.74 Å². The van der Waals surface area contributed by atoms with Gasteiger partial charge in [-0.05, 0) is 78.1 Å². The molecule has 2 fully saturated rings. The fourth-order valence-electron chi connectivity index (χ4n) is 6.85. The monoisotopic (exact) mass is 550 g/mol. The van der Waals surface area contributed by atoms with Crippen molar-refractivity contribution in [1.29, 1.82) is 0 Å². The molecule has 2 saturated carbocycles. The van der Waals surface area contributed by atoms with Gasteiger partial charge in [0.05, 0.1) is 11.6 Å². The average molecular weight is 551 g/mol. The van der Waals surface area contributed by atoms with E-state index in [9.17, 15) is 14.7 Å². The van der Waals surface area contributed by atoms with Crippen molar-refractivity contribution in [1.82, 2.24) is 4.90 Å². The highest BCUT2D eigenvalue weighted by atomic mass is 16.5. The van der Waals surface area contributed by atoms with Gasteiger partial charge in [-0.3, -0.25) is 9.79 Å². The molecule has 1 spiro atoms. The Labute approximate surface area is 242 Å². The van der Waals surface area contributed by atoms with Gasteiger partial charge < -0.3 is 14.7 Å². The number of nitrogens with zero attached hydrogens (tertiary/aromatic N) is 2. The van der Waals surface area contributed by atoms with Gasteiger partial charge in [-0.1, -0.05) is 70.2 Å². The van der Waals surface area contributed by atoms with Crippen LogP contribution in [0.1, 0.15) is 86.5 Å². The molecule has 3 aliphatic rings. The minimum atomic E-state index is -0.949. The first-order valence-electron chi connectivity index (χ1n) is 14.5. The highest BCUT2D eigenvalue weighted by molar-refractivity contribution is 6.47. The first kappa shape index (κ1) is 27.3. The molecule has 3 aromatic rings. The summed E-state index contributed by atoms with van der Waals surface area (Å²) in [5.41, 5.74) is 2.97. The summed E-state index contributed by atoms with van der Waals surface area (Å²) < 4.78 is 5.98. The molecule has 1 aliphatic heterocycles. The summed E-state index contributed by atoms with van der Waals surface area (Å²) >= 11 is 0. The zero-order valence-corrected chi connectivity index (χ0v) is 24.3. The Hall–Kier alpha value is -3.93. The lowest BCUT2D eigenvalue weighted by molar-refractivity contribution is -0.129. The number of rotatable bonds is 9. The van der Waals surface area contributed by atoms with E-state index < -0.39 is 11.6 Å². The van der Waals surface area contributed by atoms with E-state index >= 15 is 0 Å². The molecule has 1 N–H and O–H groups in total. The Morgan fingerprint density at radius 3 is 2.27 bits per heavy atom. The Balaban J connectivity index is 1.33. The van der Waals surface area contributed by atoms with Gasteiger partial charge in [-0.2, -0.15) is 0 Å². The van der Waals surface area contributed by atoms with E-state index in [1.54, 1.807) is 12.1 Å². The number of benzene rings is 3. The second kappa shape index (κ2) is 9.86. The van der Waals surface area contributed by atoms with Crippen molar-refractivity contribution in [2.45, 2.75) is 71.7 Å². The Kier molecular flexibility index (Phi) is 6.55. The van der Waals surface area contributed by atoms with Crippen LogP contribution >= 0.6 is 0 Å². The van der Waals surface area contributed by atoms with Gasteiger partial charge in [0.1, 0.15) is 23.7 Å². The lowest BCUT2D eigenvalue weighted by Gasteiger charge is -2.37. The Morgan fingerprint density at radius 2 is 1.68 bits per heavy atom. The SMILES string of the molecule is CC(C)(C)C[C@@]1(C)CC12N=C(c1ccc(OCc3ccccc3)cc1)C(=O)N2[C@@H](c1ccc(C(=O)O)cc1)C1CC1. The highest BCUT2D eigenvalue weighted by Gasteiger charge is 2.74. The third-order valence-corrected chi connectivity index (χ3v) is 8.74. The van der Waals surface area contributed by atoms with E-state index in [2.05, 4.69) is 32.6 Å².